The van der Waals surface area contributed by atoms with E-state index in [9.17, 15) is 4.79 Å². The van der Waals surface area contributed by atoms with Gasteiger partial charge < -0.3 is 15.4 Å². The Bertz CT molecular complexity index is 448. The molecule has 1 aliphatic rings. The number of hydrogen-bond acceptors (Lipinski definition) is 2. The van der Waals surface area contributed by atoms with Crippen LogP contribution in [0.15, 0.2) is 24.3 Å². The van der Waals surface area contributed by atoms with Crippen molar-refractivity contribution in [1.82, 2.24) is 5.32 Å². The number of anilines is 1. The molecule has 1 aliphatic carbocycles. The average molecular weight is 276 g/mol. The number of para-hydroxylation sites is 1. The second-order valence-corrected chi connectivity index (χ2v) is 5.56. The smallest absolute Gasteiger partial charge is 0.319 e. The van der Waals surface area contributed by atoms with Gasteiger partial charge in [-0.2, -0.15) is 0 Å². The van der Waals surface area contributed by atoms with Crippen LogP contribution in [0.4, 0.5) is 10.5 Å². The molecule has 0 radical (unpaired) electrons. The van der Waals surface area contributed by atoms with Crippen LogP contribution in [0.2, 0.25) is 0 Å². The van der Waals surface area contributed by atoms with E-state index in [1.54, 1.807) is 7.11 Å². The number of benzene rings is 1. The van der Waals surface area contributed by atoms with E-state index in [1.807, 2.05) is 24.3 Å². The fraction of sp³-hybridized carbons (Fsp3) is 0.562. The number of nitrogens with one attached hydrogen (secondary N) is 2. The summed E-state index contributed by atoms with van der Waals surface area (Å²) in [7, 11) is 1.65. The number of methoxy groups -OCH3 is 1. The summed E-state index contributed by atoms with van der Waals surface area (Å²) in [5, 5.41) is 6.03. The summed E-state index contributed by atoms with van der Waals surface area (Å²) in [6.07, 6.45) is 4.76. The van der Waals surface area contributed by atoms with Gasteiger partial charge in [-0.3, -0.25) is 0 Å². The molecule has 0 aromatic heterocycles. The lowest BCUT2D eigenvalue weighted by molar-refractivity contribution is 0.185. The summed E-state index contributed by atoms with van der Waals surface area (Å²) in [4.78, 5) is 12.1. The SMILES string of the molecule is COCc1ccccc1NC(=O)NC1CCCCC1C. The minimum atomic E-state index is -0.118. The Hall–Kier alpha value is -1.55. The molecular formula is C16H24N2O2. The molecule has 110 valence electrons. The van der Waals surface area contributed by atoms with Crippen molar-refractivity contribution in [3.8, 4) is 0 Å². The van der Waals surface area contributed by atoms with Crippen LogP contribution < -0.4 is 10.6 Å². The normalized spacial score (nSPS) is 22.3. The molecule has 4 heteroatoms. The summed E-state index contributed by atoms with van der Waals surface area (Å²) in [5.74, 6) is 0.559. The quantitative estimate of drug-likeness (QED) is 0.883. The third kappa shape index (κ3) is 3.97. The monoisotopic (exact) mass is 276 g/mol. The van der Waals surface area contributed by atoms with Gasteiger partial charge in [-0.05, 0) is 24.8 Å². The fourth-order valence-electron chi connectivity index (χ4n) is 2.78. The van der Waals surface area contributed by atoms with E-state index in [0.717, 1.165) is 17.7 Å². The lowest BCUT2D eigenvalue weighted by atomic mass is 9.86. The summed E-state index contributed by atoms with van der Waals surface area (Å²) < 4.78 is 5.15. The first-order chi connectivity index (χ1) is 9.70. The lowest BCUT2D eigenvalue weighted by Crippen LogP contribution is -2.43. The molecular weight excluding hydrogens is 252 g/mol. The van der Waals surface area contributed by atoms with Gasteiger partial charge in [0.1, 0.15) is 0 Å². The third-order valence-corrected chi connectivity index (χ3v) is 3.99. The van der Waals surface area contributed by atoms with Crippen LogP contribution in [0, 0.1) is 5.92 Å². The Balaban J connectivity index is 1.94. The molecule has 2 atom stereocenters. The van der Waals surface area contributed by atoms with Crippen molar-refractivity contribution in [3.05, 3.63) is 29.8 Å². The number of ether oxygens (including phenoxy) is 1. The van der Waals surface area contributed by atoms with Crippen molar-refractivity contribution in [3.63, 3.8) is 0 Å². The van der Waals surface area contributed by atoms with Crippen LogP contribution >= 0.6 is 0 Å². The highest BCUT2D eigenvalue weighted by Crippen LogP contribution is 2.24. The van der Waals surface area contributed by atoms with Gasteiger partial charge in [0, 0.05) is 24.4 Å². The summed E-state index contributed by atoms with van der Waals surface area (Å²) >= 11 is 0. The molecule has 2 N–H and O–H groups in total. The molecule has 2 rings (SSSR count). The Labute approximate surface area is 120 Å². The van der Waals surface area contributed by atoms with Gasteiger partial charge in [0.25, 0.3) is 0 Å². The number of carbonyl (C=O) groups excluding carboxylic acids is 1. The van der Waals surface area contributed by atoms with E-state index in [2.05, 4.69) is 17.6 Å². The molecule has 0 heterocycles. The Morgan fingerprint density at radius 3 is 2.80 bits per heavy atom. The Morgan fingerprint density at radius 2 is 2.05 bits per heavy atom. The molecule has 0 bridgehead atoms. The highest BCUT2D eigenvalue weighted by atomic mass is 16.5. The highest BCUT2D eigenvalue weighted by molar-refractivity contribution is 5.90. The minimum Gasteiger partial charge on any atom is -0.380 e. The zero-order valence-corrected chi connectivity index (χ0v) is 12.3. The summed E-state index contributed by atoms with van der Waals surface area (Å²) in [6, 6.07) is 7.89. The zero-order chi connectivity index (χ0) is 14.4. The Morgan fingerprint density at radius 1 is 1.30 bits per heavy atom. The molecule has 1 saturated carbocycles. The fourth-order valence-corrected chi connectivity index (χ4v) is 2.78. The van der Waals surface area contributed by atoms with Crippen LogP contribution in [0.25, 0.3) is 0 Å². The zero-order valence-electron chi connectivity index (χ0n) is 12.3. The molecule has 0 saturated heterocycles. The van der Waals surface area contributed by atoms with Crippen LogP contribution in [0.5, 0.6) is 0 Å². The van der Waals surface area contributed by atoms with Gasteiger partial charge in [-0.1, -0.05) is 38.0 Å². The van der Waals surface area contributed by atoms with Crippen LogP contribution in [-0.2, 0) is 11.3 Å². The first-order valence-electron chi connectivity index (χ1n) is 7.35. The number of amides is 2. The maximum Gasteiger partial charge on any atom is 0.319 e. The van der Waals surface area contributed by atoms with E-state index in [4.69, 9.17) is 4.74 Å². The van der Waals surface area contributed by atoms with E-state index in [0.29, 0.717) is 18.6 Å². The standard InChI is InChI=1S/C16H24N2O2/c1-12-7-3-5-9-14(12)17-16(19)18-15-10-6-4-8-13(15)11-20-2/h4,6,8,10,12,14H,3,5,7,9,11H2,1-2H3,(H2,17,18,19). The Kier molecular flexibility index (Phi) is 5.41. The minimum absolute atomic E-state index is 0.118. The molecule has 2 unspecified atom stereocenters. The number of carbonyl (C=O) groups is 1. The molecule has 4 nitrogen and oxygen atoms in total. The van der Waals surface area contributed by atoms with Crippen molar-refractivity contribution in [2.45, 2.75) is 45.3 Å². The summed E-state index contributed by atoms with van der Waals surface area (Å²) in [6.45, 7) is 2.71. The molecule has 1 fully saturated rings. The number of rotatable bonds is 4. The van der Waals surface area contributed by atoms with Crippen molar-refractivity contribution >= 4 is 11.7 Å². The second kappa shape index (κ2) is 7.29. The topological polar surface area (TPSA) is 50.4 Å². The predicted octanol–water partition coefficient (Wildman–Crippen LogP) is 3.53. The van der Waals surface area contributed by atoms with E-state index in [1.165, 1.54) is 19.3 Å². The second-order valence-electron chi connectivity index (χ2n) is 5.56. The van der Waals surface area contributed by atoms with Crippen LogP contribution in [0.3, 0.4) is 0 Å². The number of urea groups is 1. The molecule has 0 spiro atoms. The third-order valence-electron chi connectivity index (χ3n) is 3.99. The highest BCUT2D eigenvalue weighted by Gasteiger charge is 2.22. The van der Waals surface area contributed by atoms with Crippen molar-refractivity contribution in [2.75, 3.05) is 12.4 Å². The van der Waals surface area contributed by atoms with E-state index < -0.39 is 0 Å². The summed E-state index contributed by atoms with van der Waals surface area (Å²) in [5.41, 5.74) is 1.80. The van der Waals surface area contributed by atoms with Gasteiger partial charge in [0.2, 0.25) is 0 Å². The van der Waals surface area contributed by atoms with Gasteiger partial charge in [0.05, 0.1) is 6.61 Å². The largest absolute Gasteiger partial charge is 0.380 e. The van der Waals surface area contributed by atoms with E-state index >= 15 is 0 Å². The van der Waals surface area contributed by atoms with Crippen molar-refractivity contribution < 1.29 is 9.53 Å². The molecule has 20 heavy (non-hydrogen) atoms. The molecule has 2 amide bonds. The van der Waals surface area contributed by atoms with Gasteiger partial charge in [-0.15, -0.1) is 0 Å². The first-order valence-corrected chi connectivity index (χ1v) is 7.35. The molecule has 1 aromatic rings. The molecule has 0 aliphatic heterocycles. The first kappa shape index (κ1) is 14.9. The number of hydrogen-bond donors (Lipinski definition) is 2. The maximum absolute atomic E-state index is 12.1. The van der Waals surface area contributed by atoms with Crippen LogP contribution in [0.1, 0.15) is 38.2 Å². The van der Waals surface area contributed by atoms with E-state index in [-0.39, 0.29) is 6.03 Å². The predicted molar refractivity (Wildman–Crippen MR) is 80.7 cm³/mol. The van der Waals surface area contributed by atoms with Gasteiger partial charge in [-0.25, -0.2) is 4.79 Å². The van der Waals surface area contributed by atoms with Gasteiger partial charge in [0.15, 0.2) is 0 Å². The maximum atomic E-state index is 12.1. The van der Waals surface area contributed by atoms with Crippen molar-refractivity contribution in [2.24, 2.45) is 5.92 Å². The van der Waals surface area contributed by atoms with Crippen molar-refractivity contribution in [1.29, 1.82) is 0 Å². The van der Waals surface area contributed by atoms with Crippen LogP contribution in [-0.4, -0.2) is 19.2 Å². The molecule has 1 aromatic carbocycles. The average Bonchev–Trinajstić information content (AvgIpc) is 2.44. The lowest BCUT2D eigenvalue weighted by Gasteiger charge is -2.29. The van der Waals surface area contributed by atoms with Gasteiger partial charge >= 0.3 is 6.03 Å².